The molecule has 18 heavy (non-hydrogen) atoms. The van der Waals surface area contributed by atoms with Gasteiger partial charge in [-0.2, -0.15) is 5.26 Å². The molecule has 0 atom stereocenters. The van der Waals surface area contributed by atoms with Gasteiger partial charge in [0.05, 0.1) is 16.7 Å². The van der Waals surface area contributed by atoms with Crippen molar-refractivity contribution >= 4 is 11.6 Å². The quantitative estimate of drug-likeness (QED) is 0.786. The first kappa shape index (κ1) is 12.5. The molecule has 90 valence electrons. The van der Waals surface area contributed by atoms with E-state index in [1.165, 1.54) is 0 Å². The Morgan fingerprint density at radius 2 is 1.78 bits per heavy atom. The van der Waals surface area contributed by atoms with E-state index in [-0.39, 0.29) is 0 Å². The van der Waals surface area contributed by atoms with Crippen LogP contribution < -0.4 is 4.74 Å². The third-order valence-corrected chi connectivity index (χ3v) is 2.91. The van der Waals surface area contributed by atoms with E-state index in [1.807, 2.05) is 32.0 Å². The van der Waals surface area contributed by atoms with Crippen LogP contribution in [0.3, 0.4) is 0 Å². The van der Waals surface area contributed by atoms with E-state index in [9.17, 15) is 0 Å². The number of nitriles is 1. The van der Waals surface area contributed by atoms with Gasteiger partial charge in [-0.3, -0.25) is 0 Å². The molecule has 0 saturated carbocycles. The van der Waals surface area contributed by atoms with E-state index in [1.54, 1.807) is 18.2 Å². The lowest BCUT2D eigenvalue weighted by molar-refractivity contribution is 0.479. The molecule has 2 nitrogen and oxygen atoms in total. The first-order valence-electron chi connectivity index (χ1n) is 5.55. The minimum atomic E-state index is 0.582. The van der Waals surface area contributed by atoms with Gasteiger partial charge in [0.2, 0.25) is 0 Å². The molecule has 0 aromatic heterocycles. The van der Waals surface area contributed by atoms with Gasteiger partial charge in [-0.1, -0.05) is 17.7 Å². The third kappa shape index (κ3) is 2.64. The highest BCUT2D eigenvalue weighted by atomic mass is 35.5. The van der Waals surface area contributed by atoms with Crippen LogP contribution in [0.1, 0.15) is 16.7 Å². The molecule has 0 fully saturated rings. The normalized spacial score (nSPS) is 9.89. The van der Waals surface area contributed by atoms with Crippen LogP contribution in [0.25, 0.3) is 0 Å². The number of hydrogen-bond acceptors (Lipinski definition) is 2. The Hall–Kier alpha value is -1.98. The number of hydrogen-bond donors (Lipinski definition) is 0. The molecular weight excluding hydrogens is 246 g/mol. The summed E-state index contributed by atoms with van der Waals surface area (Å²) in [4.78, 5) is 0. The molecule has 2 aromatic carbocycles. The zero-order chi connectivity index (χ0) is 13.1. The lowest BCUT2D eigenvalue weighted by Crippen LogP contribution is -1.89. The van der Waals surface area contributed by atoms with E-state index in [0.29, 0.717) is 22.1 Å². The highest BCUT2D eigenvalue weighted by Crippen LogP contribution is 2.31. The van der Waals surface area contributed by atoms with Crippen molar-refractivity contribution in [1.29, 1.82) is 5.26 Å². The SMILES string of the molecule is Cc1ccc(Oc2ccc(C#N)cc2C)c(Cl)c1. The van der Waals surface area contributed by atoms with Crippen LogP contribution in [-0.4, -0.2) is 0 Å². The first-order valence-corrected chi connectivity index (χ1v) is 5.92. The van der Waals surface area contributed by atoms with Gasteiger partial charge in [0, 0.05) is 0 Å². The Kier molecular flexibility index (Phi) is 3.55. The summed E-state index contributed by atoms with van der Waals surface area (Å²) in [7, 11) is 0. The molecular formula is C15H12ClNO. The summed E-state index contributed by atoms with van der Waals surface area (Å²) in [6.07, 6.45) is 0. The highest BCUT2D eigenvalue weighted by Gasteiger charge is 2.06. The topological polar surface area (TPSA) is 33.0 Å². The second-order valence-electron chi connectivity index (χ2n) is 4.13. The summed E-state index contributed by atoms with van der Waals surface area (Å²) in [5, 5.41) is 9.39. The van der Waals surface area contributed by atoms with Crippen molar-refractivity contribution in [2.75, 3.05) is 0 Å². The number of aryl methyl sites for hydroxylation is 2. The lowest BCUT2D eigenvalue weighted by Gasteiger charge is -2.10. The molecule has 0 aliphatic heterocycles. The summed E-state index contributed by atoms with van der Waals surface area (Å²) >= 11 is 6.11. The number of ether oxygens (including phenoxy) is 1. The maximum absolute atomic E-state index is 8.81. The molecule has 0 aliphatic rings. The highest BCUT2D eigenvalue weighted by molar-refractivity contribution is 6.32. The van der Waals surface area contributed by atoms with E-state index in [0.717, 1.165) is 11.1 Å². The Morgan fingerprint density at radius 3 is 2.39 bits per heavy atom. The van der Waals surface area contributed by atoms with Crippen molar-refractivity contribution in [3.8, 4) is 17.6 Å². The zero-order valence-corrected chi connectivity index (χ0v) is 11.0. The van der Waals surface area contributed by atoms with Crippen molar-refractivity contribution in [2.24, 2.45) is 0 Å². The van der Waals surface area contributed by atoms with E-state index >= 15 is 0 Å². The summed E-state index contributed by atoms with van der Waals surface area (Å²) in [6.45, 7) is 3.88. The minimum Gasteiger partial charge on any atom is -0.456 e. The Balaban J connectivity index is 2.32. The zero-order valence-electron chi connectivity index (χ0n) is 10.2. The number of benzene rings is 2. The Bertz CT molecular complexity index is 629. The van der Waals surface area contributed by atoms with Crippen LogP contribution in [-0.2, 0) is 0 Å². The van der Waals surface area contributed by atoms with Crippen LogP contribution in [0.2, 0.25) is 5.02 Å². The second-order valence-corrected chi connectivity index (χ2v) is 4.54. The van der Waals surface area contributed by atoms with Crippen molar-refractivity contribution in [3.05, 3.63) is 58.1 Å². The molecule has 0 amide bonds. The van der Waals surface area contributed by atoms with Gasteiger partial charge in [0.1, 0.15) is 11.5 Å². The average Bonchev–Trinajstić information content (AvgIpc) is 2.34. The van der Waals surface area contributed by atoms with Crippen molar-refractivity contribution in [1.82, 2.24) is 0 Å². The molecule has 2 rings (SSSR count). The average molecular weight is 258 g/mol. The smallest absolute Gasteiger partial charge is 0.146 e. The summed E-state index contributed by atoms with van der Waals surface area (Å²) in [6, 6.07) is 13.0. The van der Waals surface area contributed by atoms with Crippen molar-refractivity contribution in [3.63, 3.8) is 0 Å². The monoisotopic (exact) mass is 257 g/mol. The number of nitrogens with zero attached hydrogens (tertiary/aromatic N) is 1. The molecule has 0 bridgehead atoms. The summed E-state index contributed by atoms with van der Waals surface area (Å²) in [5.41, 5.74) is 2.62. The fraction of sp³-hybridized carbons (Fsp3) is 0.133. The summed E-state index contributed by atoms with van der Waals surface area (Å²) < 4.78 is 5.75. The fourth-order valence-corrected chi connectivity index (χ4v) is 1.91. The molecule has 2 aromatic rings. The van der Waals surface area contributed by atoms with Gasteiger partial charge in [-0.15, -0.1) is 0 Å². The molecule has 0 saturated heterocycles. The summed E-state index contributed by atoms with van der Waals surface area (Å²) in [5.74, 6) is 1.33. The number of rotatable bonds is 2. The molecule has 0 unspecified atom stereocenters. The lowest BCUT2D eigenvalue weighted by atomic mass is 10.1. The van der Waals surface area contributed by atoms with E-state index < -0.39 is 0 Å². The second kappa shape index (κ2) is 5.12. The first-order chi connectivity index (χ1) is 8.60. The largest absolute Gasteiger partial charge is 0.456 e. The minimum absolute atomic E-state index is 0.582. The molecule has 0 aliphatic carbocycles. The predicted molar refractivity (Wildman–Crippen MR) is 72.2 cm³/mol. The predicted octanol–water partition coefficient (Wildman–Crippen LogP) is 4.62. The maximum Gasteiger partial charge on any atom is 0.146 e. The molecule has 0 radical (unpaired) electrons. The Labute approximate surface area is 111 Å². The number of halogens is 1. The van der Waals surface area contributed by atoms with Gasteiger partial charge in [0.15, 0.2) is 0 Å². The van der Waals surface area contributed by atoms with Crippen LogP contribution >= 0.6 is 11.6 Å². The molecule has 0 heterocycles. The van der Waals surface area contributed by atoms with E-state index in [2.05, 4.69) is 6.07 Å². The van der Waals surface area contributed by atoms with E-state index in [4.69, 9.17) is 21.6 Å². The van der Waals surface area contributed by atoms with Gasteiger partial charge < -0.3 is 4.74 Å². The van der Waals surface area contributed by atoms with Gasteiger partial charge in [-0.05, 0) is 55.3 Å². The Morgan fingerprint density at radius 1 is 1.06 bits per heavy atom. The van der Waals surface area contributed by atoms with Crippen LogP contribution in [0.5, 0.6) is 11.5 Å². The van der Waals surface area contributed by atoms with Crippen LogP contribution in [0, 0.1) is 25.2 Å². The standard InChI is InChI=1S/C15H12ClNO/c1-10-3-5-15(13(16)7-10)18-14-6-4-12(9-17)8-11(14)2/h3-8H,1-2H3. The van der Waals surface area contributed by atoms with Gasteiger partial charge >= 0.3 is 0 Å². The molecule has 0 spiro atoms. The van der Waals surface area contributed by atoms with Gasteiger partial charge in [0.25, 0.3) is 0 Å². The maximum atomic E-state index is 8.81. The van der Waals surface area contributed by atoms with Crippen LogP contribution in [0.4, 0.5) is 0 Å². The molecule has 0 N–H and O–H groups in total. The fourth-order valence-electron chi connectivity index (χ4n) is 1.64. The third-order valence-electron chi connectivity index (χ3n) is 2.61. The molecule has 3 heteroatoms. The van der Waals surface area contributed by atoms with Crippen molar-refractivity contribution in [2.45, 2.75) is 13.8 Å². The van der Waals surface area contributed by atoms with Gasteiger partial charge in [-0.25, -0.2) is 0 Å². The van der Waals surface area contributed by atoms with Crippen LogP contribution in [0.15, 0.2) is 36.4 Å². The van der Waals surface area contributed by atoms with Crippen molar-refractivity contribution < 1.29 is 4.74 Å².